The maximum atomic E-state index is 7.01. The molecule has 0 unspecified atom stereocenters. The summed E-state index contributed by atoms with van der Waals surface area (Å²) in [5, 5.41) is 7.23. The van der Waals surface area contributed by atoms with E-state index in [1.807, 2.05) is 42.5 Å². The van der Waals surface area contributed by atoms with Gasteiger partial charge in [0, 0.05) is 22.3 Å². The molecule has 5 heteroatoms. The molecule has 2 heterocycles. The van der Waals surface area contributed by atoms with Crippen molar-refractivity contribution < 1.29 is 9.47 Å². The Morgan fingerprint density at radius 3 is 1.45 bits per heavy atom. The predicted molar refractivity (Wildman–Crippen MR) is 278 cm³/mol. The van der Waals surface area contributed by atoms with Crippen LogP contribution in [-0.4, -0.2) is 15.0 Å². The van der Waals surface area contributed by atoms with E-state index in [0.717, 1.165) is 44.3 Å². The van der Waals surface area contributed by atoms with Gasteiger partial charge in [0.25, 0.3) is 0 Å². The third kappa shape index (κ3) is 6.07. The number of hydrogen-bond donors (Lipinski definition) is 0. The maximum Gasteiger partial charge on any atom is 0.177 e. The van der Waals surface area contributed by atoms with Crippen LogP contribution in [-0.2, 0) is 5.41 Å². The highest BCUT2D eigenvalue weighted by Crippen LogP contribution is 2.60. The van der Waals surface area contributed by atoms with Crippen LogP contribution in [0.1, 0.15) is 22.3 Å². The first-order valence-electron chi connectivity index (χ1n) is 23.3. The second kappa shape index (κ2) is 15.4. The monoisotopic (exact) mass is 881 g/mol. The summed E-state index contributed by atoms with van der Waals surface area (Å²) in [4.78, 5) is 15.5. The van der Waals surface area contributed by atoms with E-state index < -0.39 is 5.41 Å². The van der Waals surface area contributed by atoms with Crippen LogP contribution in [0.25, 0.3) is 88.7 Å². The molecule has 0 atom stereocenters. The summed E-state index contributed by atoms with van der Waals surface area (Å²) in [7, 11) is 0. The number of hydrogen-bond acceptors (Lipinski definition) is 5. The number of para-hydroxylation sites is 1. The molecule has 0 bridgehead atoms. The zero-order valence-corrected chi connectivity index (χ0v) is 37.2. The van der Waals surface area contributed by atoms with Crippen molar-refractivity contribution in [3.63, 3.8) is 0 Å². The molecule has 0 radical (unpaired) electrons. The summed E-state index contributed by atoms with van der Waals surface area (Å²) in [5.74, 6) is 4.43. The summed E-state index contributed by atoms with van der Waals surface area (Å²) >= 11 is 0. The lowest BCUT2D eigenvalue weighted by Gasteiger charge is -2.34. The first-order valence-corrected chi connectivity index (χ1v) is 23.3. The number of rotatable bonds is 6. The molecular weight excluding hydrogens is 843 g/mol. The Bertz CT molecular complexity index is 3950. The largest absolute Gasteiger partial charge is 0.449 e. The summed E-state index contributed by atoms with van der Waals surface area (Å²) in [6.45, 7) is 0. The van der Waals surface area contributed by atoms with Gasteiger partial charge < -0.3 is 9.47 Å². The standard InChI is InChI=1S/C64H39N3O2/c1-4-18-40(19-5-1)61-65-62(67-63(66-61)43-34-35-51-49-28-11-10-26-47(49)48-27-12-13-29-50(48)53(51)37-43)42-21-16-20-41(36-42)46-31-17-33-57-60(46)69-58-38-54-52-30-14-15-32-55(52)64(44-22-6-2-7-23-44,45-24-8-3-9-25-45)56(54)39-59(58)68-57/h1-39H. The molecule has 1 aromatic heterocycles. The number of aromatic nitrogens is 3. The lowest BCUT2D eigenvalue weighted by molar-refractivity contribution is 0.360. The Labute approximate surface area is 398 Å². The van der Waals surface area contributed by atoms with Gasteiger partial charge in [-0.25, -0.2) is 15.0 Å². The topological polar surface area (TPSA) is 57.1 Å². The fraction of sp³-hybridized carbons (Fsp3) is 0.0156. The molecule has 0 amide bonds. The Morgan fingerprint density at radius 2 is 0.768 bits per heavy atom. The second-order valence-electron chi connectivity index (χ2n) is 17.8. The SMILES string of the molecule is c1ccc(-c2nc(-c3cccc(-c4cccc5c4Oc4cc6c(cc4O5)C(c4ccccc4)(c4ccccc4)c4ccccc4-6)c3)nc(-c3ccc4c5ccccc5c5ccccc5c4c3)n2)cc1. The van der Waals surface area contributed by atoms with Crippen molar-refractivity contribution in [1.82, 2.24) is 15.0 Å². The van der Waals surface area contributed by atoms with Crippen molar-refractivity contribution in [3.8, 4) is 79.4 Å². The molecule has 0 N–H and O–H groups in total. The van der Waals surface area contributed by atoms with E-state index in [4.69, 9.17) is 24.4 Å². The van der Waals surface area contributed by atoms with E-state index in [1.165, 1.54) is 49.2 Å². The molecule has 2 aliphatic rings. The van der Waals surface area contributed by atoms with Gasteiger partial charge in [0.1, 0.15) is 0 Å². The van der Waals surface area contributed by atoms with Crippen LogP contribution >= 0.6 is 0 Å². The van der Waals surface area contributed by atoms with Gasteiger partial charge >= 0.3 is 0 Å². The van der Waals surface area contributed by atoms with E-state index in [0.29, 0.717) is 40.5 Å². The van der Waals surface area contributed by atoms with Crippen molar-refractivity contribution in [2.24, 2.45) is 0 Å². The van der Waals surface area contributed by atoms with Crippen LogP contribution in [0.4, 0.5) is 0 Å². The Hall–Kier alpha value is -9.19. The Balaban J connectivity index is 0.881. The normalized spacial score (nSPS) is 13.0. The predicted octanol–water partition coefficient (Wildman–Crippen LogP) is 16.3. The van der Waals surface area contributed by atoms with Crippen molar-refractivity contribution in [2.45, 2.75) is 5.41 Å². The van der Waals surface area contributed by atoms with Gasteiger partial charge in [-0.05, 0) is 102 Å². The van der Waals surface area contributed by atoms with Gasteiger partial charge in [0.05, 0.1) is 5.41 Å². The van der Waals surface area contributed by atoms with E-state index in [9.17, 15) is 0 Å². The third-order valence-electron chi connectivity index (χ3n) is 14.0. The molecule has 11 aromatic carbocycles. The average molecular weight is 882 g/mol. The van der Waals surface area contributed by atoms with E-state index in [1.54, 1.807) is 0 Å². The summed E-state index contributed by atoms with van der Waals surface area (Å²) in [6, 6.07) is 83.1. The van der Waals surface area contributed by atoms with E-state index in [-0.39, 0.29) is 0 Å². The van der Waals surface area contributed by atoms with Gasteiger partial charge in [0.15, 0.2) is 40.5 Å². The molecule has 69 heavy (non-hydrogen) atoms. The van der Waals surface area contributed by atoms with Crippen molar-refractivity contribution in [2.75, 3.05) is 0 Å². The lowest BCUT2D eigenvalue weighted by Crippen LogP contribution is -2.28. The summed E-state index contributed by atoms with van der Waals surface area (Å²) in [5.41, 5.74) is 11.1. The number of benzene rings is 11. The smallest absolute Gasteiger partial charge is 0.177 e. The molecule has 1 aliphatic heterocycles. The fourth-order valence-corrected chi connectivity index (χ4v) is 11.0. The molecule has 0 fully saturated rings. The van der Waals surface area contributed by atoms with E-state index in [2.05, 4.69) is 194 Å². The average Bonchev–Trinajstić information content (AvgIpc) is 3.71. The van der Waals surface area contributed by atoms with Gasteiger partial charge in [-0.2, -0.15) is 0 Å². The minimum Gasteiger partial charge on any atom is -0.449 e. The molecular formula is C64H39N3O2. The van der Waals surface area contributed by atoms with Crippen LogP contribution in [0.15, 0.2) is 237 Å². The highest BCUT2D eigenvalue weighted by Gasteiger charge is 2.47. The van der Waals surface area contributed by atoms with Crippen LogP contribution < -0.4 is 9.47 Å². The first kappa shape index (κ1) is 39.0. The molecule has 5 nitrogen and oxygen atoms in total. The molecule has 12 aromatic rings. The summed E-state index contributed by atoms with van der Waals surface area (Å²) in [6.07, 6.45) is 0. The molecule has 0 saturated carbocycles. The third-order valence-corrected chi connectivity index (χ3v) is 14.0. The molecule has 1 aliphatic carbocycles. The molecule has 322 valence electrons. The highest BCUT2D eigenvalue weighted by atomic mass is 16.6. The van der Waals surface area contributed by atoms with Gasteiger partial charge in [-0.15, -0.1) is 0 Å². The highest BCUT2D eigenvalue weighted by molar-refractivity contribution is 6.25. The van der Waals surface area contributed by atoms with Gasteiger partial charge in [-0.1, -0.05) is 206 Å². The zero-order valence-electron chi connectivity index (χ0n) is 37.2. The molecule has 0 spiro atoms. The quantitative estimate of drug-likeness (QED) is 0.156. The van der Waals surface area contributed by atoms with Gasteiger partial charge in [-0.3, -0.25) is 0 Å². The maximum absolute atomic E-state index is 7.01. The number of nitrogens with zero attached hydrogens (tertiary/aromatic N) is 3. The minimum absolute atomic E-state index is 0.553. The van der Waals surface area contributed by atoms with Crippen molar-refractivity contribution in [1.29, 1.82) is 0 Å². The Kier molecular flexibility index (Phi) is 8.73. The van der Waals surface area contributed by atoms with E-state index >= 15 is 0 Å². The fourth-order valence-electron chi connectivity index (χ4n) is 11.0. The van der Waals surface area contributed by atoms with Gasteiger partial charge in [0.2, 0.25) is 0 Å². The molecule has 14 rings (SSSR count). The molecule has 0 saturated heterocycles. The van der Waals surface area contributed by atoms with Crippen LogP contribution in [0.5, 0.6) is 23.0 Å². The second-order valence-corrected chi connectivity index (χ2v) is 17.8. The minimum atomic E-state index is -0.553. The van der Waals surface area contributed by atoms with Crippen molar-refractivity contribution >= 4 is 32.3 Å². The van der Waals surface area contributed by atoms with Crippen LogP contribution in [0, 0.1) is 0 Å². The lowest BCUT2D eigenvalue weighted by atomic mass is 9.67. The number of ether oxygens (including phenoxy) is 2. The van der Waals surface area contributed by atoms with Crippen molar-refractivity contribution in [3.05, 3.63) is 259 Å². The number of fused-ring (bicyclic) bond motifs is 11. The first-order chi connectivity index (χ1) is 34.2. The van der Waals surface area contributed by atoms with Crippen LogP contribution in [0.3, 0.4) is 0 Å². The summed E-state index contributed by atoms with van der Waals surface area (Å²) < 4.78 is 13.9. The Morgan fingerprint density at radius 1 is 0.275 bits per heavy atom. The van der Waals surface area contributed by atoms with Crippen LogP contribution in [0.2, 0.25) is 0 Å². The zero-order chi connectivity index (χ0) is 45.5.